The van der Waals surface area contributed by atoms with Crippen molar-refractivity contribution in [3.05, 3.63) is 70.9 Å². The van der Waals surface area contributed by atoms with Crippen molar-refractivity contribution in [1.29, 1.82) is 0 Å². The molecule has 0 saturated heterocycles. The highest BCUT2D eigenvalue weighted by Crippen LogP contribution is 2.29. The van der Waals surface area contributed by atoms with Crippen LogP contribution in [0, 0.1) is 0 Å². The molecule has 0 unspecified atom stereocenters. The minimum atomic E-state index is -0.163. The van der Waals surface area contributed by atoms with Crippen LogP contribution in [0.5, 0.6) is 0 Å². The fourth-order valence-electron chi connectivity index (χ4n) is 2.40. The van der Waals surface area contributed by atoms with E-state index in [9.17, 15) is 9.59 Å². The smallest absolute Gasteiger partial charge is 0.266 e. The summed E-state index contributed by atoms with van der Waals surface area (Å²) in [7, 11) is 0. The van der Waals surface area contributed by atoms with E-state index < -0.39 is 0 Å². The molecule has 0 atom stereocenters. The molecule has 0 aliphatic carbocycles. The van der Waals surface area contributed by atoms with E-state index in [1.54, 1.807) is 24.3 Å². The van der Waals surface area contributed by atoms with Gasteiger partial charge in [0, 0.05) is 23.9 Å². The van der Waals surface area contributed by atoms with Gasteiger partial charge < -0.3 is 10.6 Å². The lowest BCUT2D eigenvalue weighted by Crippen LogP contribution is -2.12. The van der Waals surface area contributed by atoms with E-state index >= 15 is 0 Å². The van der Waals surface area contributed by atoms with E-state index in [0.29, 0.717) is 16.3 Å². The van der Waals surface area contributed by atoms with E-state index in [2.05, 4.69) is 10.6 Å². The summed E-state index contributed by atoms with van der Waals surface area (Å²) in [5.74, 6) is -0.313. The highest BCUT2D eigenvalue weighted by Gasteiger charge is 2.14. The van der Waals surface area contributed by atoms with Crippen molar-refractivity contribution in [2.75, 3.05) is 10.6 Å². The number of anilines is 2. The molecule has 0 fully saturated rings. The van der Waals surface area contributed by atoms with Crippen molar-refractivity contribution in [3.63, 3.8) is 0 Å². The fraction of sp³-hybridized carbons (Fsp3) is 0.0526. The minimum absolute atomic E-state index is 0.150. The maximum absolute atomic E-state index is 12.6. The number of rotatable bonds is 4. The predicted octanol–water partition coefficient (Wildman–Crippen LogP) is 4.63. The summed E-state index contributed by atoms with van der Waals surface area (Å²) < 4.78 is 0. The van der Waals surface area contributed by atoms with Crippen LogP contribution in [0.2, 0.25) is 0 Å². The topological polar surface area (TPSA) is 58.2 Å². The van der Waals surface area contributed by atoms with Gasteiger partial charge in [0.05, 0.1) is 4.88 Å². The molecule has 0 aliphatic rings. The van der Waals surface area contributed by atoms with Gasteiger partial charge in [-0.05, 0) is 35.2 Å². The van der Waals surface area contributed by atoms with Crippen molar-refractivity contribution in [1.82, 2.24) is 0 Å². The van der Waals surface area contributed by atoms with Gasteiger partial charge in [-0.3, -0.25) is 9.59 Å². The van der Waals surface area contributed by atoms with Crippen LogP contribution in [0.15, 0.2) is 66.0 Å². The standard InChI is InChI=1S/C19H16N2O2S/c1-13(22)20-15-8-5-9-16(12-15)21-19(23)18-17(10-11-24-18)14-6-3-2-4-7-14/h2-12H,1H3,(H,20,22)(H,21,23). The van der Waals surface area contributed by atoms with Crippen LogP contribution in [-0.4, -0.2) is 11.8 Å². The third-order valence-corrected chi connectivity index (χ3v) is 4.31. The van der Waals surface area contributed by atoms with Crippen LogP contribution in [0.1, 0.15) is 16.6 Å². The van der Waals surface area contributed by atoms with E-state index in [1.807, 2.05) is 41.8 Å². The van der Waals surface area contributed by atoms with Crippen molar-refractivity contribution in [3.8, 4) is 11.1 Å². The Labute approximate surface area is 144 Å². The van der Waals surface area contributed by atoms with Gasteiger partial charge in [0.25, 0.3) is 5.91 Å². The van der Waals surface area contributed by atoms with E-state index in [1.165, 1.54) is 18.3 Å². The summed E-state index contributed by atoms with van der Waals surface area (Å²) in [5, 5.41) is 7.50. The van der Waals surface area contributed by atoms with Crippen LogP contribution in [0.3, 0.4) is 0 Å². The lowest BCUT2D eigenvalue weighted by Gasteiger charge is -2.08. The summed E-state index contributed by atoms with van der Waals surface area (Å²) >= 11 is 1.40. The number of thiophene rings is 1. The van der Waals surface area contributed by atoms with Crippen molar-refractivity contribution < 1.29 is 9.59 Å². The second kappa shape index (κ2) is 7.10. The fourth-order valence-corrected chi connectivity index (χ4v) is 3.21. The Morgan fingerprint density at radius 1 is 0.875 bits per heavy atom. The van der Waals surface area contributed by atoms with Gasteiger partial charge in [0.15, 0.2) is 0 Å². The van der Waals surface area contributed by atoms with Crippen molar-refractivity contribution in [2.45, 2.75) is 6.92 Å². The van der Waals surface area contributed by atoms with Crippen LogP contribution in [-0.2, 0) is 4.79 Å². The first kappa shape index (κ1) is 16.0. The van der Waals surface area contributed by atoms with Gasteiger partial charge in [-0.1, -0.05) is 36.4 Å². The lowest BCUT2D eigenvalue weighted by atomic mass is 10.1. The quantitative estimate of drug-likeness (QED) is 0.730. The molecule has 0 aliphatic heterocycles. The van der Waals surface area contributed by atoms with Crippen LogP contribution >= 0.6 is 11.3 Å². The summed E-state index contributed by atoms with van der Waals surface area (Å²) in [6, 6.07) is 18.8. The van der Waals surface area contributed by atoms with Gasteiger partial charge in [-0.25, -0.2) is 0 Å². The second-order valence-corrected chi connectivity index (χ2v) is 6.16. The molecular formula is C19H16N2O2S. The molecule has 0 saturated carbocycles. The SMILES string of the molecule is CC(=O)Nc1cccc(NC(=O)c2sccc2-c2ccccc2)c1. The number of hydrogen-bond acceptors (Lipinski definition) is 3. The zero-order valence-corrected chi connectivity index (χ0v) is 13.9. The number of nitrogens with one attached hydrogen (secondary N) is 2. The van der Waals surface area contributed by atoms with E-state index in [4.69, 9.17) is 0 Å². The van der Waals surface area contributed by atoms with Gasteiger partial charge in [-0.15, -0.1) is 11.3 Å². The Hall–Kier alpha value is -2.92. The highest BCUT2D eigenvalue weighted by atomic mass is 32.1. The molecular weight excluding hydrogens is 320 g/mol. The van der Waals surface area contributed by atoms with Crippen LogP contribution in [0.25, 0.3) is 11.1 Å². The Kier molecular flexibility index (Phi) is 4.72. The van der Waals surface area contributed by atoms with Crippen molar-refractivity contribution >= 4 is 34.5 Å². The Morgan fingerprint density at radius 3 is 2.29 bits per heavy atom. The highest BCUT2D eigenvalue weighted by molar-refractivity contribution is 7.12. The molecule has 3 rings (SSSR count). The number of hydrogen-bond donors (Lipinski definition) is 2. The molecule has 2 aromatic carbocycles. The minimum Gasteiger partial charge on any atom is -0.326 e. The summed E-state index contributed by atoms with van der Waals surface area (Å²) in [6.45, 7) is 1.45. The van der Waals surface area contributed by atoms with Gasteiger partial charge >= 0.3 is 0 Å². The maximum atomic E-state index is 12.6. The first-order valence-electron chi connectivity index (χ1n) is 7.45. The van der Waals surface area contributed by atoms with Crippen molar-refractivity contribution in [2.24, 2.45) is 0 Å². The number of carbonyl (C=O) groups excluding carboxylic acids is 2. The monoisotopic (exact) mass is 336 g/mol. The third-order valence-electron chi connectivity index (χ3n) is 3.40. The molecule has 5 heteroatoms. The lowest BCUT2D eigenvalue weighted by molar-refractivity contribution is -0.114. The van der Waals surface area contributed by atoms with Gasteiger partial charge in [-0.2, -0.15) is 0 Å². The second-order valence-electron chi connectivity index (χ2n) is 5.25. The zero-order valence-electron chi connectivity index (χ0n) is 13.1. The van der Waals surface area contributed by atoms with Gasteiger partial charge in [0.1, 0.15) is 0 Å². The van der Waals surface area contributed by atoms with Crippen LogP contribution < -0.4 is 10.6 Å². The average Bonchev–Trinajstić information content (AvgIpc) is 3.05. The number of benzene rings is 2. The maximum Gasteiger partial charge on any atom is 0.266 e. The summed E-state index contributed by atoms with van der Waals surface area (Å²) in [5.41, 5.74) is 3.21. The Bertz CT molecular complexity index is 872. The Morgan fingerprint density at radius 2 is 1.58 bits per heavy atom. The number of amides is 2. The first-order chi connectivity index (χ1) is 11.6. The molecule has 120 valence electrons. The molecule has 1 heterocycles. The molecule has 0 bridgehead atoms. The summed E-state index contributed by atoms with van der Waals surface area (Å²) in [6.07, 6.45) is 0. The molecule has 2 amide bonds. The molecule has 0 radical (unpaired) electrons. The van der Waals surface area contributed by atoms with Gasteiger partial charge in [0.2, 0.25) is 5.91 Å². The van der Waals surface area contributed by atoms with E-state index in [0.717, 1.165) is 11.1 Å². The summed E-state index contributed by atoms with van der Waals surface area (Å²) in [4.78, 5) is 24.4. The average molecular weight is 336 g/mol. The molecule has 1 aromatic heterocycles. The molecule has 4 nitrogen and oxygen atoms in total. The zero-order chi connectivity index (χ0) is 16.9. The Balaban J connectivity index is 1.82. The molecule has 0 spiro atoms. The third kappa shape index (κ3) is 3.70. The first-order valence-corrected chi connectivity index (χ1v) is 8.33. The largest absolute Gasteiger partial charge is 0.326 e. The number of carbonyl (C=O) groups is 2. The predicted molar refractivity (Wildman–Crippen MR) is 98.5 cm³/mol. The molecule has 3 aromatic rings. The van der Waals surface area contributed by atoms with Crippen LogP contribution in [0.4, 0.5) is 11.4 Å². The molecule has 24 heavy (non-hydrogen) atoms. The molecule has 2 N–H and O–H groups in total. The van der Waals surface area contributed by atoms with E-state index in [-0.39, 0.29) is 11.8 Å². The normalized spacial score (nSPS) is 10.2.